The standard InChI is InChI=1S/C13H21N3O2/c1-10(2)9-16(7-3-5-14)13(18)11-4-6-15-8-12(11)17/h4,6,8,10,17H,3,5,7,9,14H2,1-2H3. The molecule has 1 aromatic heterocycles. The van der Waals surface area contributed by atoms with Crippen LogP contribution in [0.5, 0.6) is 5.75 Å². The Morgan fingerprint density at radius 2 is 2.28 bits per heavy atom. The molecule has 5 heteroatoms. The SMILES string of the molecule is CC(C)CN(CCCN)C(=O)c1ccncc1O. The maximum atomic E-state index is 12.3. The van der Waals surface area contributed by atoms with E-state index >= 15 is 0 Å². The molecule has 1 amide bonds. The van der Waals surface area contributed by atoms with Crippen molar-refractivity contribution < 1.29 is 9.90 Å². The van der Waals surface area contributed by atoms with E-state index in [1.165, 1.54) is 18.5 Å². The van der Waals surface area contributed by atoms with Gasteiger partial charge >= 0.3 is 0 Å². The molecule has 0 saturated carbocycles. The Hall–Kier alpha value is -1.62. The van der Waals surface area contributed by atoms with Gasteiger partial charge in [-0.25, -0.2) is 0 Å². The average molecular weight is 251 g/mol. The number of carbonyl (C=O) groups excluding carboxylic acids is 1. The number of carbonyl (C=O) groups is 1. The number of aromatic nitrogens is 1. The number of nitrogens with two attached hydrogens (primary N) is 1. The summed E-state index contributed by atoms with van der Waals surface area (Å²) in [5.74, 6) is 0.122. The summed E-state index contributed by atoms with van der Waals surface area (Å²) < 4.78 is 0. The molecule has 0 unspecified atom stereocenters. The lowest BCUT2D eigenvalue weighted by Gasteiger charge is -2.24. The van der Waals surface area contributed by atoms with Gasteiger partial charge in [-0.3, -0.25) is 9.78 Å². The third kappa shape index (κ3) is 4.00. The topological polar surface area (TPSA) is 79.5 Å². The van der Waals surface area contributed by atoms with Crippen molar-refractivity contribution in [3.8, 4) is 5.75 Å². The van der Waals surface area contributed by atoms with Crippen LogP contribution < -0.4 is 5.73 Å². The number of nitrogens with zero attached hydrogens (tertiary/aromatic N) is 2. The van der Waals surface area contributed by atoms with E-state index in [0.29, 0.717) is 31.1 Å². The Labute approximate surface area is 108 Å². The molecule has 1 heterocycles. The highest BCUT2D eigenvalue weighted by Crippen LogP contribution is 2.17. The smallest absolute Gasteiger partial charge is 0.257 e. The Bertz CT molecular complexity index is 394. The van der Waals surface area contributed by atoms with Crippen LogP contribution in [0.15, 0.2) is 18.5 Å². The largest absolute Gasteiger partial charge is 0.505 e. The Kier molecular flexibility index (Phi) is 5.58. The van der Waals surface area contributed by atoms with Crippen molar-refractivity contribution in [2.45, 2.75) is 20.3 Å². The van der Waals surface area contributed by atoms with Crippen molar-refractivity contribution >= 4 is 5.91 Å². The van der Waals surface area contributed by atoms with Gasteiger partial charge in [-0.2, -0.15) is 0 Å². The maximum Gasteiger partial charge on any atom is 0.257 e. The fraction of sp³-hybridized carbons (Fsp3) is 0.538. The van der Waals surface area contributed by atoms with E-state index < -0.39 is 0 Å². The lowest BCUT2D eigenvalue weighted by atomic mass is 10.1. The number of aromatic hydroxyl groups is 1. The van der Waals surface area contributed by atoms with Gasteiger partial charge in [-0.15, -0.1) is 0 Å². The minimum Gasteiger partial charge on any atom is -0.505 e. The van der Waals surface area contributed by atoms with Crippen LogP contribution in [0, 0.1) is 5.92 Å². The van der Waals surface area contributed by atoms with E-state index in [0.717, 1.165) is 6.42 Å². The second-order valence-corrected chi connectivity index (χ2v) is 4.68. The number of rotatable bonds is 6. The predicted molar refractivity (Wildman–Crippen MR) is 70.3 cm³/mol. The van der Waals surface area contributed by atoms with Crippen LogP contribution >= 0.6 is 0 Å². The van der Waals surface area contributed by atoms with Gasteiger partial charge in [0.05, 0.1) is 11.8 Å². The van der Waals surface area contributed by atoms with Crippen LogP contribution in [0.25, 0.3) is 0 Å². The molecule has 0 radical (unpaired) electrons. The molecule has 18 heavy (non-hydrogen) atoms. The molecule has 0 bridgehead atoms. The molecular weight excluding hydrogens is 230 g/mol. The zero-order valence-corrected chi connectivity index (χ0v) is 11.0. The number of amides is 1. The highest BCUT2D eigenvalue weighted by atomic mass is 16.3. The van der Waals surface area contributed by atoms with Crippen molar-refractivity contribution in [2.75, 3.05) is 19.6 Å². The number of hydrogen-bond acceptors (Lipinski definition) is 4. The normalized spacial score (nSPS) is 10.7. The highest BCUT2D eigenvalue weighted by molar-refractivity contribution is 5.96. The molecule has 0 saturated heterocycles. The third-order valence-electron chi connectivity index (χ3n) is 2.54. The van der Waals surface area contributed by atoms with Gasteiger partial charge in [0.2, 0.25) is 0 Å². The molecule has 5 nitrogen and oxygen atoms in total. The lowest BCUT2D eigenvalue weighted by molar-refractivity contribution is 0.0732. The molecule has 0 spiro atoms. The second-order valence-electron chi connectivity index (χ2n) is 4.68. The van der Waals surface area contributed by atoms with Gasteiger partial charge in [0.1, 0.15) is 5.75 Å². The van der Waals surface area contributed by atoms with Crippen molar-refractivity contribution in [1.29, 1.82) is 0 Å². The zero-order valence-electron chi connectivity index (χ0n) is 11.0. The average Bonchev–Trinajstić information content (AvgIpc) is 2.34. The second kappa shape index (κ2) is 6.96. The van der Waals surface area contributed by atoms with Crippen molar-refractivity contribution in [2.24, 2.45) is 11.7 Å². The van der Waals surface area contributed by atoms with Gasteiger partial charge in [0, 0.05) is 19.3 Å². The molecule has 1 rings (SSSR count). The molecule has 0 fully saturated rings. The molecular formula is C13H21N3O2. The van der Waals surface area contributed by atoms with E-state index in [4.69, 9.17) is 5.73 Å². The molecule has 3 N–H and O–H groups in total. The molecule has 0 aliphatic carbocycles. The van der Waals surface area contributed by atoms with Crippen molar-refractivity contribution in [3.63, 3.8) is 0 Å². The van der Waals surface area contributed by atoms with Gasteiger partial charge in [0.15, 0.2) is 0 Å². The van der Waals surface area contributed by atoms with Crippen LogP contribution in [-0.2, 0) is 0 Å². The fourth-order valence-electron chi connectivity index (χ4n) is 1.74. The summed E-state index contributed by atoms with van der Waals surface area (Å²) in [6.45, 7) is 5.91. The number of hydrogen-bond donors (Lipinski definition) is 2. The van der Waals surface area contributed by atoms with Crippen LogP contribution in [0.3, 0.4) is 0 Å². The van der Waals surface area contributed by atoms with Crippen LogP contribution in [0.1, 0.15) is 30.6 Å². The molecule has 100 valence electrons. The van der Waals surface area contributed by atoms with Crippen LogP contribution in [0.4, 0.5) is 0 Å². The van der Waals surface area contributed by atoms with E-state index in [1.54, 1.807) is 4.90 Å². The van der Waals surface area contributed by atoms with E-state index in [-0.39, 0.29) is 11.7 Å². The maximum absolute atomic E-state index is 12.3. The summed E-state index contributed by atoms with van der Waals surface area (Å²) in [5.41, 5.74) is 5.77. The van der Waals surface area contributed by atoms with Gasteiger partial charge in [-0.1, -0.05) is 13.8 Å². The summed E-state index contributed by atoms with van der Waals surface area (Å²) in [6, 6.07) is 1.54. The third-order valence-corrected chi connectivity index (χ3v) is 2.54. The monoisotopic (exact) mass is 251 g/mol. The molecule has 0 aromatic carbocycles. The molecule has 0 aliphatic rings. The fourth-order valence-corrected chi connectivity index (χ4v) is 1.74. The van der Waals surface area contributed by atoms with Gasteiger partial charge < -0.3 is 15.7 Å². The molecule has 0 aliphatic heterocycles. The molecule has 1 aromatic rings. The molecule has 0 atom stereocenters. The predicted octanol–water partition coefficient (Wildman–Crippen LogP) is 1.23. The summed E-state index contributed by atoms with van der Waals surface area (Å²) in [5, 5.41) is 9.65. The Morgan fingerprint density at radius 1 is 1.56 bits per heavy atom. The highest BCUT2D eigenvalue weighted by Gasteiger charge is 2.19. The van der Waals surface area contributed by atoms with Gasteiger partial charge in [0.25, 0.3) is 5.91 Å². The summed E-state index contributed by atoms with van der Waals surface area (Å²) in [6.07, 6.45) is 3.54. The minimum atomic E-state index is -0.169. The zero-order chi connectivity index (χ0) is 13.5. The van der Waals surface area contributed by atoms with Crippen LogP contribution in [0.2, 0.25) is 0 Å². The van der Waals surface area contributed by atoms with E-state index in [2.05, 4.69) is 18.8 Å². The summed E-state index contributed by atoms with van der Waals surface area (Å²) >= 11 is 0. The Morgan fingerprint density at radius 3 is 2.83 bits per heavy atom. The quantitative estimate of drug-likeness (QED) is 0.797. The van der Waals surface area contributed by atoms with Crippen molar-refractivity contribution in [1.82, 2.24) is 9.88 Å². The first-order valence-corrected chi connectivity index (χ1v) is 6.18. The first-order valence-electron chi connectivity index (χ1n) is 6.18. The Balaban J connectivity index is 2.84. The van der Waals surface area contributed by atoms with E-state index in [1.807, 2.05) is 0 Å². The summed E-state index contributed by atoms with van der Waals surface area (Å²) in [4.78, 5) is 17.8. The first-order chi connectivity index (χ1) is 8.56. The number of pyridine rings is 1. The lowest BCUT2D eigenvalue weighted by Crippen LogP contribution is -2.35. The van der Waals surface area contributed by atoms with Gasteiger partial charge in [-0.05, 0) is 24.9 Å². The van der Waals surface area contributed by atoms with E-state index in [9.17, 15) is 9.90 Å². The minimum absolute atomic E-state index is 0.0796. The van der Waals surface area contributed by atoms with Crippen LogP contribution in [-0.4, -0.2) is 40.5 Å². The first kappa shape index (κ1) is 14.4. The van der Waals surface area contributed by atoms with Crippen molar-refractivity contribution in [3.05, 3.63) is 24.0 Å². The summed E-state index contributed by atoms with van der Waals surface area (Å²) in [7, 11) is 0.